The number of rotatable bonds is 5. The Labute approximate surface area is 108 Å². The quantitative estimate of drug-likeness (QED) is 0.742. The summed E-state index contributed by atoms with van der Waals surface area (Å²) in [5, 5.41) is 2.92. The van der Waals surface area contributed by atoms with Crippen molar-refractivity contribution in [3.63, 3.8) is 0 Å². The number of hydrogen-bond donors (Lipinski definition) is 2. The van der Waals surface area contributed by atoms with Gasteiger partial charge in [0.05, 0.1) is 13.2 Å². The highest BCUT2D eigenvalue weighted by Crippen LogP contribution is 2.00. The van der Waals surface area contributed by atoms with Gasteiger partial charge in [-0.25, -0.2) is 4.21 Å². The van der Waals surface area contributed by atoms with Gasteiger partial charge in [0.2, 0.25) is 0 Å². The average molecular weight is 266 g/mol. The molecule has 1 aliphatic heterocycles. The number of ether oxygens (including phenoxy) is 1. The summed E-state index contributed by atoms with van der Waals surface area (Å²) in [4.78, 5) is 0. The van der Waals surface area contributed by atoms with Gasteiger partial charge in [0.25, 0.3) is 11.2 Å². The zero-order valence-corrected chi connectivity index (χ0v) is 10.5. The number of hydrogen-bond acceptors (Lipinski definition) is 4. The fourth-order valence-electron chi connectivity index (χ4n) is 1.40. The lowest BCUT2D eigenvalue weighted by Gasteiger charge is -2.06. The van der Waals surface area contributed by atoms with Crippen molar-refractivity contribution in [2.75, 3.05) is 13.2 Å². The van der Waals surface area contributed by atoms with Gasteiger partial charge >= 0.3 is 0 Å². The molecule has 1 aliphatic rings. The smallest absolute Gasteiger partial charge is 0.269 e. The highest BCUT2D eigenvalue weighted by atomic mass is 32.2. The second-order valence-electron chi connectivity index (χ2n) is 3.61. The van der Waals surface area contributed by atoms with Crippen LogP contribution in [0.2, 0.25) is 0 Å². The normalized spacial score (nSPS) is 18.3. The monoisotopic (exact) mass is 266 g/mol. The molecule has 0 amide bonds. The van der Waals surface area contributed by atoms with Crippen LogP contribution >= 0.6 is 0 Å². The summed E-state index contributed by atoms with van der Waals surface area (Å²) in [7, 11) is 0. The molecule has 18 heavy (non-hydrogen) atoms. The fourth-order valence-corrected chi connectivity index (χ4v) is 2.01. The second kappa shape index (κ2) is 6.27. The van der Waals surface area contributed by atoms with Crippen molar-refractivity contribution in [2.24, 2.45) is 14.5 Å². The molecule has 96 valence electrons. The van der Waals surface area contributed by atoms with Crippen LogP contribution in [0.1, 0.15) is 5.56 Å². The summed E-state index contributed by atoms with van der Waals surface area (Å²) >= 11 is -1.57. The molecule has 6 nitrogen and oxygen atoms in total. The van der Waals surface area contributed by atoms with E-state index in [1.165, 1.54) is 0 Å². The molecule has 1 heterocycles. The third kappa shape index (κ3) is 3.64. The number of nitrogens with one attached hydrogen (secondary N) is 1. The highest BCUT2D eigenvalue weighted by molar-refractivity contribution is 7.83. The summed E-state index contributed by atoms with van der Waals surface area (Å²) in [6, 6.07) is 9.91. The molecule has 0 aromatic heterocycles. The third-order valence-corrected chi connectivity index (χ3v) is 2.93. The zero-order valence-electron chi connectivity index (χ0n) is 9.70. The van der Waals surface area contributed by atoms with Crippen molar-refractivity contribution in [1.29, 1.82) is 0 Å². The van der Waals surface area contributed by atoms with E-state index in [4.69, 9.17) is 10.5 Å². The Morgan fingerprint density at radius 1 is 1.28 bits per heavy atom. The van der Waals surface area contributed by atoms with Crippen LogP contribution in [0.4, 0.5) is 0 Å². The maximum Gasteiger partial charge on any atom is 0.269 e. The van der Waals surface area contributed by atoms with E-state index in [1.807, 2.05) is 30.3 Å². The Balaban J connectivity index is 1.64. The largest absolute Gasteiger partial charge is 0.380 e. The van der Waals surface area contributed by atoms with Crippen LogP contribution < -0.4 is 11.1 Å². The molecular weight excluding hydrogens is 252 g/mol. The minimum Gasteiger partial charge on any atom is -0.380 e. The number of benzene rings is 1. The van der Waals surface area contributed by atoms with Crippen molar-refractivity contribution in [1.82, 2.24) is 5.32 Å². The molecule has 1 unspecified atom stereocenters. The van der Waals surface area contributed by atoms with Crippen LogP contribution in [-0.4, -0.2) is 29.0 Å². The first-order chi connectivity index (χ1) is 8.75. The maximum absolute atomic E-state index is 10.9. The van der Waals surface area contributed by atoms with E-state index in [9.17, 15) is 4.21 Å². The molecule has 0 fully saturated rings. The van der Waals surface area contributed by atoms with E-state index in [0.717, 1.165) is 5.56 Å². The molecular formula is C11H14N4O2S. The van der Waals surface area contributed by atoms with Crippen LogP contribution in [0.3, 0.4) is 0 Å². The van der Waals surface area contributed by atoms with Gasteiger partial charge in [-0.3, -0.25) is 0 Å². The fraction of sp³-hybridized carbons (Fsp3) is 0.273. The lowest BCUT2D eigenvalue weighted by atomic mass is 10.2. The third-order valence-electron chi connectivity index (χ3n) is 2.24. The number of nitrogens with zero attached hydrogens (tertiary/aromatic N) is 2. The van der Waals surface area contributed by atoms with Crippen molar-refractivity contribution < 1.29 is 8.95 Å². The lowest BCUT2D eigenvalue weighted by Crippen LogP contribution is -2.36. The highest BCUT2D eigenvalue weighted by Gasteiger charge is 2.14. The van der Waals surface area contributed by atoms with E-state index in [0.29, 0.717) is 25.6 Å². The topological polar surface area (TPSA) is 89.1 Å². The van der Waals surface area contributed by atoms with Gasteiger partial charge in [0.1, 0.15) is 0 Å². The molecule has 2 rings (SSSR count). The molecule has 0 spiro atoms. The summed E-state index contributed by atoms with van der Waals surface area (Å²) in [5.74, 6) is 0.549. The molecule has 1 aromatic rings. The lowest BCUT2D eigenvalue weighted by molar-refractivity contribution is 0.125. The van der Waals surface area contributed by atoms with Crippen LogP contribution in [0.15, 0.2) is 39.1 Å². The predicted molar refractivity (Wildman–Crippen MR) is 71.3 cm³/mol. The molecule has 1 aromatic carbocycles. The molecule has 3 N–H and O–H groups in total. The second-order valence-corrected chi connectivity index (χ2v) is 4.44. The molecule has 0 saturated heterocycles. The Kier molecular flexibility index (Phi) is 4.43. The maximum atomic E-state index is 10.9. The molecule has 0 aliphatic carbocycles. The Bertz CT molecular complexity index is 487. The van der Waals surface area contributed by atoms with E-state index in [2.05, 4.69) is 14.1 Å². The van der Waals surface area contributed by atoms with Crippen molar-refractivity contribution in [3.8, 4) is 0 Å². The molecule has 0 bridgehead atoms. The molecule has 1 atom stereocenters. The average Bonchev–Trinajstić information content (AvgIpc) is 2.69. The van der Waals surface area contributed by atoms with Crippen molar-refractivity contribution >= 4 is 22.8 Å². The zero-order chi connectivity index (χ0) is 12.8. The van der Waals surface area contributed by atoms with E-state index in [1.54, 1.807) is 0 Å². The first-order valence-electron chi connectivity index (χ1n) is 5.46. The first kappa shape index (κ1) is 12.7. The Morgan fingerprint density at radius 3 is 2.72 bits per heavy atom. The summed E-state index contributed by atoms with van der Waals surface area (Å²) < 4.78 is 23.7. The Hall–Kier alpha value is -1.73. The van der Waals surface area contributed by atoms with Gasteiger partial charge in [0, 0.05) is 6.54 Å². The Morgan fingerprint density at radius 2 is 2.06 bits per heavy atom. The number of amidine groups is 2. The van der Waals surface area contributed by atoms with E-state index < -0.39 is 11.2 Å². The summed E-state index contributed by atoms with van der Waals surface area (Å²) in [6.07, 6.45) is 0. The van der Waals surface area contributed by atoms with Gasteiger partial charge < -0.3 is 15.8 Å². The van der Waals surface area contributed by atoms with E-state index in [-0.39, 0.29) is 5.84 Å². The van der Waals surface area contributed by atoms with Gasteiger partial charge in [-0.05, 0) is 5.56 Å². The van der Waals surface area contributed by atoms with Gasteiger partial charge in [-0.2, -0.15) is 0 Å². The van der Waals surface area contributed by atoms with Crippen LogP contribution in [0, 0.1) is 0 Å². The summed E-state index contributed by atoms with van der Waals surface area (Å²) in [5.41, 5.74) is 6.62. The summed E-state index contributed by atoms with van der Waals surface area (Å²) in [6.45, 7) is 1.61. The van der Waals surface area contributed by atoms with Gasteiger partial charge in [-0.1, -0.05) is 30.3 Å². The molecule has 7 heteroatoms. The van der Waals surface area contributed by atoms with Gasteiger partial charge in [-0.15, -0.1) is 8.80 Å². The molecule has 0 saturated carbocycles. The SMILES string of the molecule is NC1=NS(=O)N=C1NCCOCc1ccccc1. The van der Waals surface area contributed by atoms with E-state index >= 15 is 0 Å². The predicted octanol–water partition coefficient (Wildman–Crippen LogP) is 0.141. The first-order valence-corrected chi connectivity index (χ1v) is 6.53. The van der Waals surface area contributed by atoms with Gasteiger partial charge in [0.15, 0.2) is 11.7 Å². The van der Waals surface area contributed by atoms with Crippen molar-refractivity contribution in [3.05, 3.63) is 35.9 Å². The van der Waals surface area contributed by atoms with Crippen LogP contribution in [-0.2, 0) is 22.5 Å². The van der Waals surface area contributed by atoms with Crippen molar-refractivity contribution in [2.45, 2.75) is 6.61 Å². The minimum atomic E-state index is -1.57. The minimum absolute atomic E-state index is 0.177. The number of nitrogens with two attached hydrogens (primary N) is 1. The standard InChI is InChI=1S/C11H14N4O2S/c12-10-11(15-18(16)14-10)13-6-7-17-8-9-4-2-1-3-5-9/h1-5H,6-8H2,(H2,12,14)(H,13,15). The van der Waals surface area contributed by atoms with Crippen LogP contribution in [0.25, 0.3) is 0 Å². The van der Waals surface area contributed by atoms with Crippen LogP contribution in [0.5, 0.6) is 0 Å². The molecule has 0 radical (unpaired) electrons.